The molecular weight excluding hydrogens is 260 g/mol. The van der Waals surface area contributed by atoms with Gasteiger partial charge in [0.1, 0.15) is 6.33 Å². The van der Waals surface area contributed by atoms with Crippen molar-refractivity contribution in [3.63, 3.8) is 0 Å². The first kappa shape index (κ1) is 13.2. The number of carbonyl (C=O) groups excluding carboxylic acids is 1. The lowest BCUT2D eigenvalue weighted by atomic mass is 10.2. The van der Waals surface area contributed by atoms with E-state index in [4.69, 9.17) is 0 Å². The lowest BCUT2D eigenvalue weighted by Crippen LogP contribution is -2.29. The predicted molar refractivity (Wildman–Crippen MR) is 76.9 cm³/mol. The lowest BCUT2D eigenvalue weighted by molar-refractivity contribution is -0.119. The molecule has 0 aliphatic rings. The predicted octanol–water partition coefficient (Wildman–Crippen LogP) is 1.78. The summed E-state index contributed by atoms with van der Waals surface area (Å²) in [7, 11) is 0. The third-order valence-corrected chi connectivity index (χ3v) is 2.91. The number of hydrogen-bond donors (Lipinski definition) is 2. The molecule has 98 valence electrons. The molecule has 0 spiro atoms. The third-order valence-electron chi connectivity index (χ3n) is 2.29. The molecule has 1 heterocycles. The summed E-state index contributed by atoms with van der Waals surface area (Å²) in [5, 5.41) is 6.32. The zero-order valence-electron chi connectivity index (χ0n) is 10.2. The molecule has 6 heteroatoms. The molecule has 0 saturated carbocycles. The Morgan fingerprint density at radius 2 is 2.16 bits per heavy atom. The van der Waals surface area contributed by atoms with Gasteiger partial charge >= 0.3 is 0 Å². The van der Waals surface area contributed by atoms with Crippen LogP contribution < -0.4 is 10.6 Å². The maximum absolute atomic E-state index is 11.5. The first-order valence-corrected chi connectivity index (χ1v) is 6.61. The summed E-state index contributed by atoms with van der Waals surface area (Å²) >= 11 is 1.22. The highest BCUT2D eigenvalue weighted by Gasteiger charge is 2.00. The number of carbonyl (C=O) groups is 1. The van der Waals surface area contributed by atoms with Crippen LogP contribution in [0.1, 0.15) is 5.56 Å². The van der Waals surface area contributed by atoms with Crippen molar-refractivity contribution in [3.05, 3.63) is 48.3 Å². The van der Waals surface area contributed by atoms with Gasteiger partial charge in [-0.25, -0.2) is 4.98 Å². The summed E-state index contributed by atoms with van der Waals surface area (Å²) < 4.78 is 3.83. The van der Waals surface area contributed by atoms with Crippen molar-refractivity contribution in [2.75, 3.05) is 18.4 Å². The molecular formula is C13H14N4OS. The molecule has 0 fully saturated rings. The molecule has 0 unspecified atom stereocenters. The van der Waals surface area contributed by atoms with Gasteiger partial charge in [0, 0.05) is 18.1 Å². The van der Waals surface area contributed by atoms with Gasteiger partial charge in [0.15, 0.2) is 0 Å². The van der Waals surface area contributed by atoms with Crippen molar-refractivity contribution >= 4 is 28.6 Å². The van der Waals surface area contributed by atoms with Gasteiger partial charge < -0.3 is 10.6 Å². The molecule has 0 aliphatic carbocycles. The molecule has 2 N–H and O–H groups in total. The SMILES string of the molecule is O=C(CNc1ncns1)NCC=Cc1ccccc1. The molecule has 0 atom stereocenters. The number of anilines is 1. The smallest absolute Gasteiger partial charge is 0.239 e. The zero-order valence-corrected chi connectivity index (χ0v) is 11.1. The van der Waals surface area contributed by atoms with Crippen molar-refractivity contribution in [1.29, 1.82) is 0 Å². The molecule has 0 bridgehead atoms. The van der Waals surface area contributed by atoms with Crippen molar-refractivity contribution in [2.45, 2.75) is 0 Å². The molecule has 1 aromatic carbocycles. The first-order valence-electron chi connectivity index (χ1n) is 5.83. The number of aromatic nitrogens is 2. The molecule has 0 radical (unpaired) electrons. The summed E-state index contributed by atoms with van der Waals surface area (Å²) in [5.74, 6) is -0.0760. The van der Waals surface area contributed by atoms with Crippen LogP contribution in [-0.4, -0.2) is 28.4 Å². The average molecular weight is 274 g/mol. The fourth-order valence-electron chi connectivity index (χ4n) is 1.40. The molecule has 2 rings (SSSR count). The summed E-state index contributed by atoms with van der Waals surface area (Å²) in [6.07, 6.45) is 5.34. The Morgan fingerprint density at radius 1 is 1.32 bits per heavy atom. The van der Waals surface area contributed by atoms with E-state index in [1.807, 2.05) is 42.5 Å². The molecule has 0 aliphatic heterocycles. The Hall–Kier alpha value is -2.21. The van der Waals surface area contributed by atoms with Crippen molar-refractivity contribution < 1.29 is 4.79 Å². The number of nitrogens with one attached hydrogen (secondary N) is 2. The van der Waals surface area contributed by atoms with Gasteiger partial charge in [-0.3, -0.25) is 4.79 Å². The van der Waals surface area contributed by atoms with E-state index in [0.717, 1.165) is 5.56 Å². The van der Waals surface area contributed by atoms with E-state index in [0.29, 0.717) is 11.7 Å². The minimum Gasteiger partial charge on any atom is -0.351 e. The van der Waals surface area contributed by atoms with Crippen LogP contribution >= 0.6 is 11.5 Å². The first-order chi connectivity index (χ1) is 9.34. The fraction of sp³-hybridized carbons (Fsp3) is 0.154. The van der Waals surface area contributed by atoms with Crippen LogP contribution in [0.5, 0.6) is 0 Å². The second kappa shape index (κ2) is 7.27. The normalized spacial score (nSPS) is 10.5. The van der Waals surface area contributed by atoms with Crippen molar-refractivity contribution in [2.24, 2.45) is 0 Å². The van der Waals surface area contributed by atoms with Crippen LogP contribution in [0.2, 0.25) is 0 Å². The third kappa shape index (κ3) is 4.89. The van der Waals surface area contributed by atoms with Crippen LogP contribution in [0.3, 0.4) is 0 Å². The van der Waals surface area contributed by atoms with Crippen molar-refractivity contribution in [3.8, 4) is 0 Å². The van der Waals surface area contributed by atoms with E-state index in [1.54, 1.807) is 0 Å². The molecule has 5 nitrogen and oxygen atoms in total. The quantitative estimate of drug-likeness (QED) is 0.842. The maximum Gasteiger partial charge on any atom is 0.239 e. The second-order valence-corrected chi connectivity index (χ2v) is 4.50. The number of benzene rings is 1. The lowest BCUT2D eigenvalue weighted by Gasteiger charge is -2.02. The Kier molecular flexibility index (Phi) is 5.06. The number of amides is 1. The summed E-state index contributed by atoms with van der Waals surface area (Å²) in [5.41, 5.74) is 1.11. The maximum atomic E-state index is 11.5. The largest absolute Gasteiger partial charge is 0.351 e. The van der Waals surface area contributed by atoms with E-state index < -0.39 is 0 Å². The average Bonchev–Trinajstić information content (AvgIpc) is 2.96. The van der Waals surface area contributed by atoms with Crippen LogP contribution in [0.25, 0.3) is 6.08 Å². The molecule has 1 aromatic heterocycles. The van der Waals surface area contributed by atoms with E-state index in [-0.39, 0.29) is 12.5 Å². The van der Waals surface area contributed by atoms with Gasteiger partial charge in [0.2, 0.25) is 11.0 Å². The van der Waals surface area contributed by atoms with Crippen LogP contribution in [-0.2, 0) is 4.79 Å². The van der Waals surface area contributed by atoms with Crippen LogP contribution in [0.4, 0.5) is 5.13 Å². The Bertz CT molecular complexity index is 525. The molecule has 2 aromatic rings. The highest BCUT2D eigenvalue weighted by Crippen LogP contribution is 2.05. The Labute approximate surface area is 115 Å². The highest BCUT2D eigenvalue weighted by atomic mass is 32.1. The summed E-state index contributed by atoms with van der Waals surface area (Å²) in [6, 6.07) is 9.94. The van der Waals surface area contributed by atoms with Gasteiger partial charge in [-0.15, -0.1) is 0 Å². The highest BCUT2D eigenvalue weighted by molar-refractivity contribution is 7.09. The minimum atomic E-state index is -0.0760. The second-order valence-electron chi connectivity index (χ2n) is 3.72. The Morgan fingerprint density at radius 3 is 2.89 bits per heavy atom. The van der Waals surface area contributed by atoms with Crippen LogP contribution in [0, 0.1) is 0 Å². The van der Waals surface area contributed by atoms with E-state index in [1.165, 1.54) is 17.9 Å². The fourth-order valence-corrected chi connectivity index (χ4v) is 1.83. The van der Waals surface area contributed by atoms with Gasteiger partial charge in [0.05, 0.1) is 6.54 Å². The molecule has 19 heavy (non-hydrogen) atoms. The van der Waals surface area contributed by atoms with Crippen molar-refractivity contribution in [1.82, 2.24) is 14.7 Å². The zero-order chi connectivity index (χ0) is 13.3. The van der Waals surface area contributed by atoms with E-state index in [9.17, 15) is 4.79 Å². The van der Waals surface area contributed by atoms with Crippen LogP contribution in [0.15, 0.2) is 42.7 Å². The topological polar surface area (TPSA) is 66.9 Å². The number of nitrogens with zero attached hydrogens (tertiary/aromatic N) is 2. The summed E-state index contributed by atoms with van der Waals surface area (Å²) in [4.78, 5) is 15.4. The minimum absolute atomic E-state index is 0.0760. The Balaban J connectivity index is 1.65. The van der Waals surface area contributed by atoms with Gasteiger partial charge in [0.25, 0.3) is 0 Å². The van der Waals surface area contributed by atoms with Gasteiger partial charge in [-0.2, -0.15) is 4.37 Å². The van der Waals surface area contributed by atoms with E-state index in [2.05, 4.69) is 20.0 Å². The van der Waals surface area contributed by atoms with E-state index >= 15 is 0 Å². The monoisotopic (exact) mass is 274 g/mol. The number of hydrogen-bond acceptors (Lipinski definition) is 5. The standard InChI is InChI=1S/C13H14N4OS/c18-12(9-15-13-16-10-17-19-13)14-8-4-7-11-5-2-1-3-6-11/h1-7,10H,8-9H2,(H,14,18)(H,15,16,17). The summed E-state index contributed by atoms with van der Waals surface area (Å²) in [6.45, 7) is 0.708. The molecule has 1 amide bonds. The molecule has 0 saturated heterocycles. The van der Waals surface area contributed by atoms with Gasteiger partial charge in [-0.1, -0.05) is 42.5 Å². The van der Waals surface area contributed by atoms with Gasteiger partial charge in [-0.05, 0) is 5.56 Å². The number of rotatable bonds is 6.